The van der Waals surface area contributed by atoms with Gasteiger partial charge in [0.2, 0.25) is 0 Å². The summed E-state index contributed by atoms with van der Waals surface area (Å²) < 4.78 is 0. The average Bonchev–Trinajstić information content (AvgIpc) is 2.16. The van der Waals surface area contributed by atoms with Crippen LogP contribution < -0.4 is 0 Å². The monoisotopic (exact) mass is 186 g/mol. The van der Waals surface area contributed by atoms with Crippen LogP contribution in [-0.4, -0.2) is 0 Å². The van der Waals surface area contributed by atoms with Crippen LogP contribution in [0.15, 0.2) is 25.3 Å². The molecule has 0 atom stereocenters. The van der Waals surface area contributed by atoms with Gasteiger partial charge in [0.05, 0.1) is 0 Å². The highest BCUT2D eigenvalue weighted by Crippen LogP contribution is 2.26. The van der Waals surface area contributed by atoms with E-state index < -0.39 is 0 Å². The van der Waals surface area contributed by atoms with Crippen molar-refractivity contribution in [3.63, 3.8) is 0 Å². The molecule has 0 aliphatic carbocycles. The first-order valence-electron chi connectivity index (χ1n) is 4.99. The van der Waals surface area contributed by atoms with Crippen molar-refractivity contribution in [1.29, 1.82) is 0 Å². The molecule has 1 aromatic carbocycles. The highest BCUT2D eigenvalue weighted by molar-refractivity contribution is 5.67. The number of benzene rings is 1. The van der Waals surface area contributed by atoms with Crippen LogP contribution in [0.4, 0.5) is 0 Å². The molecule has 0 unspecified atom stereocenters. The van der Waals surface area contributed by atoms with Crippen LogP contribution in [0.1, 0.15) is 42.0 Å². The van der Waals surface area contributed by atoms with Crippen LogP contribution in [0.5, 0.6) is 0 Å². The minimum absolute atomic E-state index is 0.529. The zero-order chi connectivity index (χ0) is 10.7. The lowest BCUT2D eigenvalue weighted by molar-refractivity contribution is 0.861. The predicted molar refractivity (Wildman–Crippen MR) is 65.5 cm³/mol. The lowest BCUT2D eigenvalue weighted by Gasteiger charge is -2.14. The van der Waals surface area contributed by atoms with Gasteiger partial charge in [-0.25, -0.2) is 0 Å². The van der Waals surface area contributed by atoms with Gasteiger partial charge in [0.15, 0.2) is 0 Å². The van der Waals surface area contributed by atoms with Crippen molar-refractivity contribution < 1.29 is 0 Å². The number of aryl methyl sites for hydroxylation is 1. The summed E-state index contributed by atoms with van der Waals surface area (Å²) in [5, 5.41) is 0. The molecule has 0 heterocycles. The molecule has 0 saturated carbocycles. The van der Waals surface area contributed by atoms with Crippen molar-refractivity contribution >= 4 is 12.2 Å². The van der Waals surface area contributed by atoms with E-state index in [0.29, 0.717) is 5.92 Å². The van der Waals surface area contributed by atoms with Crippen LogP contribution in [0.25, 0.3) is 12.2 Å². The van der Waals surface area contributed by atoms with E-state index >= 15 is 0 Å². The van der Waals surface area contributed by atoms with E-state index in [-0.39, 0.29) is 0 Å². The predicted octanol–water partition coefficient (Wildman–Crippen LogP) is 4.40. The molecule has 0 fully saturated rings. The topological polar surface area (TPSA) is 0 Å². The quantitative estimate of drug-likeness (QED) is 0.656. The van der Waals surface area contributed by atoms with Crippen molar-refractivity contribution in [3.8, 4) is 0 Å². The number of rotatable bonds is 3. The molecule has 0 amide bonds. The Labute approximate surface area is 87.0 Å². The largest absolute Gasteiger partial charge is 0.0984 e. The normalized spacial score (nSPS) is 10.3. The third-order valence-electron chi connectivity index (χ3n) is 2.43. The molecule has 0 heteroatoms. The number of hydrogen-bond acceptors (Lipinski definition) is 0. The Hall–Kier alpha value is -1.30. The van der Waals surface area contributed by atoms with E-state index in [1.807, 2.05) is 12.2 Å². The first kappa shape index (κ1) is 10.8. The molecule has 1 aromatic rings. The highest BCUT2D eigenvalue weighted by atomic mass is 14.1. The van der Waals surface area contributed by atoms with Gasteiger partial charge >= 0.3 is 0 Å². The Balaban J connectivity index is 3.46. The molecule has 0 aliphatic rings. The van der Waals surface area contributed by atoms with Gasteiger partial charge in [-0.2, -0.15) is 0 Å². The maximum atomic E-state index is 3.86. The standard InChI is InChI=1S/C14H18/c1-6-12-8-11(5)9-14(10(3)4)13(12)7-2/h6-10H,1-2H2,3-5H3. The second-order valence-corrected chi connectivity index (χ2v) is 3.92. The third kappa shape index (κ3) is 1.95. The van der Waals surface area contributed by atoms with Crippen molar-refractivity contribution in [3.05, 3.63) is 47.5 Å². The Bertz CT molecular complexity index is 357. The molecular formula is C14H18. The summed E-state index contributed by atoms with van der Waals surface area (Å²) in [4.78, 5) is 0. The second-order valence-electron chi connectivity index (χ2n) is 3.92. The van der Waals surface area contributed by atoms with Gasteiger partial charge < -0.3 is 0 Å². The highest BCUT2D eigenvalue weighted by Gasteiger charge is 2.07. The zero-order valence-corrected chi connectivity index (χ0v) is 9.30. The maximum absolute atomic E-state index is 3.86. The summed E-state index contributed by atoms with van der Waals surface area (Å²) in [6.07, 6.45) is 3.82. The van der Waals surface area contributed by atoms with Gasteiger partial charge in [-0.05, 0) is 29.5 Å². The summed E-state index contributed by atoms with van der Waals surface area (Å²) in [5.74, 6) is 0.529. The van der Waals surface area contributed by atoms with Crippen LogP contribution in [0.2, 0.25) is 0 Å². The van der Waals surface area contributed by atoms with E-state index in [4.69, 9.17) is 0 Å². The van der Waals surface area contributed by atoms with Gasteiger partial charge in [0.25, 0.3) is 0 Å². The molecule has 74 valence electrons. The molecule has 0 saturated heterocycles. The number of hydrogen-bond donors (Lipinski definition) is 0. The summed E-state index contributed by atoms with van der Waals surface area (Å²) in [6, 6.07) is 4.38. The van der Waals surface area contributed by atoms with E-state index in [0.717, 1.165) is 0 Å². The van der Waals surface area contributed by atoms with E-state index in [1.54, 1.807) is 0 Å². The maximum Gasteiger partial charge on any atom is -0.0155 e. The Kier molecular flexibility index (Phi) is 3.29. The van der Waals surface area contributed by atoms with Crippen molar-refractivity contribution in [1.82, 2.24) is 0 Å². The Morgan fingerprint density at radius 2 is 1.79 bits per heavy atom. The van der Waals surface area contributed by atoms with E-state index in [9.17, 15) is 0 Å². The van der Waals surface area contributed by atoms with Crippen LogP contribution >= 0.6 is 0 Å². The summed E-state index contributed by atoms with van der Waals surface area (Å²) in [5.41, 5.74) is 5.05. The molecule has 0 nitrogen and oxygen atoms in total. The van der Waals surface area contributed by atoms with Crippen molar-refractivity contribution in [2.45, 2.75) is 26.7 Å². The third-order valence-corrected chi connectivity index (χ3v) is 2.43. The van der Waals surface area contributed by atoms with Gasteiger partial charge in [0.1, 0.15) is 0 Å². The first-order valence-corrected chi connectivity index (χ1v) is 4.99. The molecule has 0 radical (unpaired) electrons. The van der Waals surface area contributed by atoms with E-state index in [1.165, 1.54) is 22.3 Å². The van der Waals surface area contributed by atoms with Crippen LogP contribution in [0.3, 0.4) is 0 Å². The van der Waals surface area contributed by atoms with Gasteiger partial charge in [-0.3, -0.25) is 0 Å². The summed E-state index contributed by atoms with van der Waals surface area (Å²) in [7, 11) is 0. The Morgan fingerprint density at radius 3 is 2.21 bits per heavy atom. The molecule has 0 N–H and O–H groups in total. The smallest absolute Gasteiger partial charge is 0.0155 e. The lowest BCUT2D eigenvalue weighted by atomic mass is 9.91. The minimum atomic E-state index is 0.529. The molecule has 0 aromatic heterocycles. The molecule has 0 bridgehead atoms. The van der Waals surface area contributed by atoms with Crippen LogP contribution in [-0.2, 0) is 0 Å². The SMILES string of the molecule is C=Cc1cc(C)cc(C(C)C)c1C=C. The minimum Gasteiger partial charge on any atom is -0.0984 e. The lowest BCUT2D eigenvalue weighted by Crippen LogP contribution is -1.95. The fourth-order valence-corrected chi connectivity index (χ4v) is 1.74. The van der Waals surface area contributed by atoms with Gasteiger partial charge in [-0.1, -0.05) is 56.9 Å². The van der Waals surface area contributed by atoms with Gasteiger partial charge in [-0.15, -0.1) is 0 Å². The molecule has 14 heavy (non-hydrogen) atoms. The van der Waals surface area contributed by atoms with Gasteiger partial charge in [0, 0.05) is 0 Å². The molecular weight excluding hydrogens is 168 g/mol. The van der Waals surface area contributed by atoms with Crippen molar-refractivity contribution in [2.24, 2.45) is 0 Å². The zero-order valence-electron chi connectivity index (χ0n) is 9.30. The average molecular weight is 186 g/mol. The summed E-state index contributed by atoms with van der Waals surface area (Å²) >= 11 is 0. The fourth-order valence-electron chi connectivity index (χ4n) is 1.74. The van der Waals surface area contributed by atoms with Crippen molar-refractivity contribution in [2.75, 3.05) is 0 Å². The van der Waals surface area contributed by atoms with E-state index in [2.05, 4.69) is 46.1 Å². The molecule has 1 rings (SSSR count). The second kappa shape index (κ2) is 4.28. The van der Waals surface area contributed by atoms with Crippen LogP contribution in [0, 0.1) is 6.92 Å². The molecule has 0 aliphatic heterocycles. The molecule has 0 spiro atoms. The summed E-state index contributed by atoms with van der Waals surface area (Å²) in [6.45, 7) is 14.2. The Morgan fingerprint density at radius 1 is 1.14 bits per heavy atom. The fraction of sp³-hybridized carbons (Fsp3) is 0.286. The first-order chi connectivity index (χ1) is 6.60.